The molecule has 4 N–H and O–H groups in total. The van der Waals surface area contributed by atoms with Crippen molar-refractivity contribution in [2.45, 2.75) is 6.92 Å². The van der Waals surface area contributed by atoms with E-state index in [1.807, 2.05) is 0 Å². The summed E-state index contributed by atoms with van der Waals surface area (Å²) in [6.45, 7) is 1.08. The number of rotatable bonds is 2. The highest BCUT2D eigenvalue weighted by atomic mass is 19.2. The minimum atomic E-state index is -1.59. The van der Waals surface area contributed by atoms with Gasteiger partial charge < -0.3 is 11.3 Å². The molecular weight excluding hydrogens is 269 g/mol. The summed E-state index contributed by atoms with van der Waals surface area (Å²) < 4.78 is 37.5. The van der Waals surface area contributed by atoms with E-state index in [0.29, 0.717) is 18.3 Å². The number of aliphatic carboxylic acids is 1. The van der Waals surface area contributed by atoms with Crippen molar-refractivity contribution in [3.05, 3.63) is 51.5 Å². The van der Waals surface area contributed by atoms with Crippen molar-refractivity contribution >= 4 is 12.0 Å². The standard InChI is InChI=1S/C8H4F3NO2.C2H4O2.H3N/c9-6-3-5(1-2-12(13)14)4-7(10)8(6)11;1-2(3)4;/h1-4H;1H3,(H,3,4);1H3/b2-1+;;. The van der Waals surface area contributed by atoms with Crippen LogP contribution in [0, 0.1) is 27.6 Å². The first-order valence-corrected chi connectivity index (χ1v) is 4.39. The van der Waals surface area contributed by atoms with Crippen molar-refractivity contribution in [2.75, 3.05) is 0 Å². The summed E-state index contributed by atoms with van der Waals surface area (Å²) in [4.78, 5) is 18.1. The number of carbonyl (C=O) groups is 1. The van der Waals surface area contributed by atoms with E-state index >= 15 is 0 Å². The number of halogens is 3. The van der Waals surface area contributed by atoms with Gasteiger partial charge in [-0.2, -0.15) is 0 Å². The summed E-state index contributed by atoms with van der Waals surface area (Å²) in [6.07, 6.45) is 1.37. The number of hydrogen-bond donors (Lipinski definition) is 2. The average molecular weight is 280 g/mol. The Bertz CT molecular complexity index is 465. The van der Waals surface area contributed by atoms with Gasteiger partial charge in [0, 0.05) is 13.0 Å². The summed E-state index contributed by atoms with van der Waals surface area (Å²) >= 11 is 0. The van der Waals surface area contributed by atoms with Gasteiger partial charge in [0.25, 0.3) is 5.97 Å². The Hall–Kier alpha value is -2.42. The van der Waals surface area contributed by atoms with Crippen LogP contribution < -0.4 is 6.15 Å². The maximum atomic E-state index is 12.5. The molecule has 1 rings (SSSR count). The zero-order chi connectivity index (χ0) is 14.3. The highest BCUT2D eigenvalue weighted by Crippen LogP contribution is 2.14. The van der Waals surface area contributed by atoms with Gasteiger partial charge in [-0.1, -0.05) is 0 Å². The van der Waals surface area contributed by atoms with Crippen molar-refractivity contribution in [1.82, 2.24) is 6.15 Å². The van der Waals surface area contributed by atoms with E-state index < -0.39 is 28.3 Å². The molecule has 6 nitrogen and oxygen atoms in total. The molecule has 0 unspecified atom stereocenters. The number of benzene rings is 1. The topological polar surface area (TPSA) is 115 Å². The van der Waals surface area contributed by atoms with Crippen molar-refractivity contribution in [2.24, 2.45) is 0 Å². The number of nitro groups is 1. The molecule has 0 radical (unpaired) electrons. The van der Waals surface area contributed by atoms with Crippen LogP contribution in [0.4, 0.5) is 13.2 Å². The lowest BCUT2D eigenvalue weighted by Crippen LogP contribution is -1.91. The summed E-state index contributed by atoms with van der Waals surface area (Å²) in [5.74, 6) is -5.19. The Morgan fingerprint density at radius 2 is 1.68 bits per heavy atom. The van der Waals surface area contributed by atoms with Crippen molar-refractivity contribution in [3.8, 4) is 0 Å². The number of nitrogens with zero attached hydrogens (tertiary/aromatic N) is 1. The lowest BCUT2D eigenvalue weighted by Gasteiger charge is -1.96. The third-order valence-electron chi connectivity index (χ3n) is 1.39. The Morgan fingerprint density at radius 3 is 2.00 bits per heavy atom. The van der Waals surface area contributed by atoms with Gasteiger partial charge in [0.2, 0.25) is 6.20 Å². The van der Waals surface area contributed by atoms with Crippen LogP contribution in [0.5, 0.6) is 0 Å². The molecule has 0 fully saturated rings. The number of hydrogen-bond acceptors (Lipinski definition) is 4. The second-order valence-electron chi connectivity index (χ2n) is 2.92. The summed E-state index contributed by atoms with van der Waals surface area (Å²) in [5.41, 5.74) is -0.113. The highest BCUT2D eigenvalue weighted by molar-refractivity contribution is 5.62. The van der Waals surface area contributed by atoms with Gasteiger partial charge in [0.05, 0.1) is 4.92 Å². The molecule has 1 aromatic rings. The predicted octanol–water partition coefficient (Wildman–Crippen LogP) is 2.60. The van der Waals surface area contributed by atoms with E-state index in [-0.39, 0.29) is 11.7 Å². The minimum Gasteiger partial charge on any atom is -0.481 e. The molecule has 1 aromatic carbocycles. The van der Waals surface area contributed by atoms with Gasteiger partial charge in [-0.05, 0) is 17.7 Å². The summed E-state index contributed by atoms with van der Waals surface area (Å²) in [5, 5.41) is 17.3. The Labute approximate surface area is 105 Å². The Morgan fingerprint density at radius 1 is 1.32 bits per heavy atom. The fourth-order valence-electron chi connectivity index (χ4n) is 0.818. The molecule has 0 spiro atoms. The molecule has 0 aliphatic heterocycles. The quantitative estimate of drug-likeness (QED) is 0.490. The maximum Gasteiger partial charge on any atom is 0.300 e. The van der Waals surface area contributed by atoms with Crippen LogP contribution in [0.25, 0.3) is 6.08 Å². The van der Waals surface area contributed by atoms with Gasteiger partial charge in [0.1, 0.15) is 0 Å². The van der Waals surface area contributed by atoms with Crippen molar-refractivity contribution in [1.29, 1.82) is 0 Å². The molecule has 106 valence electrons. The third-order valence-corrected chi connectivity index (χ3v) is 1.39. The fourth-order valence-corrected chi connectivity index (χ4v) is 0.818. The van der Waals surface area contributed by atoms with E-state index in [9.17, 15) is 23.3 Å². The SMILES string of the molecule is CC(=O)O.N.O=[N+]([O-])/C=C/c1cc(F)c(F)c(F)c1. The number of carboxylic acid groups (broad SMARTS) is 1. The predicted molar refractivity (Wildman–Crippen MR) is 60.7 cm³/mol. The first-order valence-electron chi connectivity index (χ1n) is 4.39. The van der Waals surface area contributed by atoms with Crippen LogP contribution in [-0.2, 0) is 4.79 Å². The first kappa shape index (κ1) is 18.9. The molecular formula is C10H11F3N2O4. The average Bonchev–Trinajstić information content (AvgIpc) is 2.22. The zero-order valence-electron chi connectivity index (χ0n) is 9.77. The molecule has 0 aliphatic carbocycles. The molecule has 19 heavy (non-hydrogen) atoms. The highest BCUT2D eigenvalue weighted by Gasteiger charge is 2.09. The first-order chi connectivity index (χ1) is 8.23. The molecule has 0 aromatic heterocycles. The van der Waals surface area contributed by atoms with Crippen molar-refractivity contribution in [3.63, 3.8) is 0 Å². The number of carboxylic acids is 1. The molecule has 0 atom stereocenters. The Balaban J connectivity index is 0. The lowest BCUT2D eigenvalue weighted by atomic mass is 10.2. The van der Waals surface area contributed by atoms with Gasteiger partial charge in [-0.25, -0.2) is 13.2 Å². The van der Waals surface area contributed by atoms with Gasteiger partial charge in [-0.3, -0.25) is 14.9 Å². The summed E-state index contributed by atoms with van der Waals surface area (Å²) in [6, 6.07) is 1.33. The molecule has 0 saturated heterocycles. The second-order valence-corrected chi connectivity index (χ2v) is 2.92. The minimum absolute atomic E-state index is 0. The van der Waals surface area contributed by atoms with E-state index in [1.54, 1.807) is 0 Å². The smallest absolute Gasteiger partial charge is 0.300 e. The van der Waals surface area contributed by atoms with Crippen LogP contribution in [0.15, 0.2) is 18.3 Å². The van der Waals surface area contributed by atoms with E-state index in [2.05, 4.69) is 0 Å². The third kappa shape index (κ3) is 8.32. The molecule has 0 heterocycles. The molecule has 0 amide bonds. The largest absolute Gasteiger partial charge is 0.481 e. The van der Waals surface area contributed by atoms with Crippen LogP contribution in [0.3, 0.4) is 0 Å². The van der Waals surface area contributed by atoms with Crippen LogP contribution >= 0.6 is 0 Å². The zero-order valence-corrected chi connectivity index (χ0v) is 9.77. The summed E-state index contributed by atoms with van der Waals surface area (Å²) in [7, 11) is 0. The monoisotopic (exact) mass is 280 g/mol. The molecule has 0 bridgehead atoms. The van der Waals surface area contributed by atoms with Gasteiger partial charge >= 0.3 is 0 Å². The lowest BCUT2D eigenvalue weighted by molar-refractivity contribution is -0.400. The van der Waals surface area contributed by atoms with E-state index in [0.717, 1.165) is 13.0 Å². The van der Waals surface area contributed by atoms with Gasteiger partial charge in [0.15, 0.2) is 17.5 Å². The van der Waals surface area contributed by atoms with Crippen LogP contribution in [-0.4, -0.2) is 16.0 Å². The molecule has 0 saturated carbocycles. The van der Waals surface area contributed by atoms with Gasteiger partial charge in [-0.15, -0.1) is 0 Å². The van der Waals surface area contributed by atoms with Crippen LogP contribution in [0.1, 0.15) is 12.5 Å². The normalized spacial score (nSPS) is 9.26. The molecule has 9 heteroatoms. The molecule has 0 aliphatic rings. The second kappa shape index (κ2) is 8.64. The van der Waals surface area contributed by atoms with Crippen LogP contribution in [0.2, 0.25) is 0 Å². The maximum absolute atomic E-state index is 12.5. The Kier molecular flexibility index (Phi) is 8.61. The van der Waals surface area contributed by atoms with E-state index in [4.69, 9.17) is 9.90 Å². The fraction of sp³-hybridized carbons (Fsp3) is 0.100. The van der Waals surface area contributed by atoms with Crippen molar-refractivity contribution < 1.29 is 28.0 Å². The van der Waals surface area contributed by atoms with E-state index in [1.165, 1.54) is 0 Å².